The average molecular weight is 459 g/mol. The van der Waals surface area contributed by atoms with Crippen LogP contribution in [-0.4, -0.2) is 50.4 Å². The molecule has 2 saturated heterocycles. The van der Waals surface area contributed by atoms with Gasteiger partial charge >= 0.3 is 11.5 Å². The third kappa shape index (κ3) is 4.44. The summed E-state index contributed by atoms with van der Waals surface area (Å²) in [6, 6.07) is 5.07. The highest BCUT2D eigenvalue weighted by Crippen LogP contribution is 2.53. The number of halogens is 3. The summed E-state index contributed by atoms with van der Waals surface area (Å²) in [6.07, 6.45) is 3.70. The zero-order valence-corrected chi connectivity index (χ0v) is 17.7. The highest BCUT2D eigenvalue weighted by Gasteiger charge is 2.53. The number of sulfone groups is 1. The minimum absolute atomic E-state index is 0.0819. The van der Waals surface area contributed by atoms with Crippen LogP contribution in [0.1, 0.15) is 37.7 Å². The second kappa shape index (κ2) is 7.79. The van der Waals surface area contributed by atoms with E-state index < -0.39 is 20.2 Å². The van der Waals surface area contributed by atoms with Crippen LogP contribution in [0.2, 0.25) is 0 Å². The lowest BCUT2D eigenvalue weighted by molar-refractivity contribution is -0.155. The first-order valence-electron chi connectivity index (χ1n) is 10.3. The molecule has 31 heavy (non-hydrogen) atoms. The van der Waals surface area contributed by atoms with E-state index in [1.165, 1.54) is 6.07 Å². The highest BCUT2D eigenvalue weighted by molar-refractivity contribution is 7.92. The molecule has 1 saturated carbocycles. The maximum atomic E-state index is 12.8. The fourth-order valence-corrected chi connectivity index (χ4v) is 5.88. The van der Waals surface area contributed by atoms with E-state index >= 15 is 0 Å². The second-order valence-electron chi connectivity index (χ2n) is 9.12. The summed E-state index contributed by atoms with van der Waals surface area (Å²) < 4.78 is 66.4. The SMILES string of the molecule is O=C1C[C@H](CCC(=O)N2CC3(CC(Cc4cccc(S(=O)(=O)C(F)(F)F)c4)C3)C2)CO1. The molecule has 0 unspecified atom stereocenters. The van der Waals surface area contributed by atoms with Crippen LogP contribution in [0, 0.1) is 17.3 Å². The number of hydrogen-bond donors (Lipinski definition) is 0. The smallest absolute Gasteiger partial charge is 0.465 e. The van der Waals surface area contributed by atoms with Gasteiger partial charge in [-0.2, -0.15) is 13.2 Å². The summed E-state index contributed by atoms with van der Waals surface area (Å²) in [7, 11) is -5.34. The number of alkyl halides is 3. The quantitative estimate of drug-likeness (QED) is 0.611. The van der Waals surface area contributed by atoms with Crippen LogP contribution in [0.25, 0.3) is 0 Å². The predicted molar refractivity (Wildman–Crippen MR) is 103 cm³/mol. The number of esters is 1. The summed E-state index contributed by atoms with van der Waals surface area (Å²) in [5, 5.41) is 0. The predicted octanol–water partition coefficient (Wildman–Crippen LogP) is 3.10. The third-order valence-electron chi connectivity index (χ3n) is 6.59. The van der Waals surface area contributed by atoms with Gasteiger partial charge in [-0.3, -0.25) is 9.59 Å². The number of nitrogens with zero attached hydrogens (tertiary/aromatic N) is 1. The van der Waals surface area contributed by atoms with Crippen molar-refractivity contribution in [1.29, 1.82) is 0 Å². The van der Waals surface area contributed by atoms with Gasteiger partial charge in [-0.25, -0.2) is 8.42 Å². The van der Waals surface area contributed by atoms with Crippen molar-refractivity contribution in [2.75, 3.05) is 19.7 Å². The van der Waals surface area contributed by atoms with Gasteiger partial charge in [-0.1, -0.05) is 12.1 Å². The van der Waals surface area contributed by atoms with E-state index in [9.17, 15) is 31.2 Å². The zero-order valence-electron chi connectivity index (χ0n) is 16.9. The van der Waals surface area contributed by atoms with Crippen molar-refractivity contribution in [3.05, 3.63) is 29.8 Å². The van der Waals surface area contributed by atoms with E-state index in [-0.39, 0.29) is 29.1 Å². The number of carbonyl (C=O) groups is 2. The Balaban J connectivity index is 1.23. The van der Waals surface area contributed by atoms with Crippen molar-refractivity contribution in [2.45, 2.75) is 48.9 Å². The Hall–Kier alpha value is -2.10. The lowest BCUT2D eigenvalue weighted by atomic mass is 9.56. The molecule has 3 fully saturated rings. The van der Waals surface area contributed by atoms with Crippen LogP contribution in [0.3, 0.4) is 0 Å². The van der Waals surface area contributed by atoms with Crippen LogP contribution in [-0.2, 0) is 30.6 Å². The summed E-state index contributed by atoms with van der Waals surface area (Å²) in [4.78, 5) is 24.5. The molecule has 2 aliphatic heterocycles. The number of rotatable bonds is 6. The van der Waals surface area contributed by atoms with Gasteiger partial charge in [0.05, 0.1) is 17.9 Å². The molecule has 1 spiro atoms. The topological polar surface area (TPSA) is 80.8 Å². The number of cyclic esters (lactones) is 1. The van der Waals surface area contributed by atoms with Gasteiger partial charge < -0.3 is 9.64 Å². The number of ether oxygens (including phenoxy) is 1. The number of likely N-dealkylation sites (tertiary alicyclic amines) is 1. The molecule has 1 aromatic carbocycles. The fourth-order valence-electron chi connectivity index (χ4n) is 5.05. The Kier molecular flexibility index (Phi) is 5.56. The third-order valence-corrected chi connectivity index (χ3v) is 8.07. The Bertz CT molecular complexity index is 977. The summed E-state index contributed by atoms with van der Waals surface area (Å²) >= 11 is 0. The number of carbonyl (C=O) groups excluding carboxylic acids is 2. The van der Waals surface area contributed by atoms with Crippen molar-refractivity contribution in [1.82, 2.24) is 4.90 Å². The molecule has 1 amide bonds. The molecule has 0 N–H and O–H groups in total. The first-order valence-corrected chi connectivity index (χ1v) is 11.8. The molecule has 0 radical (unpaired) electrons. The molecule has 170 valence electrons. The van der Waals surface area contributed by atoms with Crippen molar-refractivity contribution >= 4 is 21.7 Å². The Morgan fingerprint density at radius 2 is 1.90 bits per heavy atom. The van der Waals surface area contributed by atoms with Gasteiger partial charge in [0.2, 0.25) is 5.91 Å². The number of hydrogen-bond acceptors (Lipinski definition) is 5. The molecule has 10 heteroatoms. The van der Waals surface area contributed by atoms with Gasteiger partial charge in [-0.15, -0.1) is 0 Å². The van der Waals surface area contributed by atoms with E-state index in [2.05, 4.69) is 0 Å². The largest absolute Gasteiger partial charge is 0.501 e. The minimum atomic E-state index is -5.34. The van der Waals surface area contributed by atoms with Gasteiger partial charge in [-0.05, 0) is 49.3 Å². The van der Waals surface area contributed by atoms with E-state index in [0.717, 1.165) is 25.0 Å². The molecule has 1 aliphatic carbocycles. The van der Waals surface area contributed by atoms with Gasteiger partial charge in [0.1, 0.15) is 0 Å². The Morgan fingerprint density at radius 3 is 2.52 bits per heavy atom. The van der Waals surface area contributed by atoms with Crippen LogP contribution >= 0.6 is 0 Å². The molecule has 6 nitrogen and oxygen atoms in total. The highest BCUT2D eigenvalue weighted by atomic mass is 32.2. The van der Waals surface area contributed by atoms with E-state index in [4.69, 9.17) is 4.74 Å². The lowest BCUT2D eigenvalue weighted by Crippen LogP contribution is -2.63. The van der Waals surface area contributed by atoms with Crippen molar-refractivity contribution < 1.29 is 35.9 Å². The normalized spacial score (nSPS) is 23.4. The van der Waals surface area contributed by atoms with Crippen LogP contribution in [0.15, 0.2) is 29.2 Å². The van der Waals surface area contributed by atoms with Gasteiger partial charge in [0.25, 0.3) is 9.84 Å². The maximum Gasteiger partial charge on any atom is 0.501 e. The standard InChI is InChI=1S/C21H24F3NO5S/c22-21(23,24)31(28,29)17-3-1-2-14(7-17)6-16-9-20(10-16)12-25(13-20)18(26)5-4-15-8-19(27)30-11-15/h1-3,7,15-16H,4-6,8-13H2/t15-/m0/s1. The van der Waals surface area contributed by atoms with E-state index in [1.807, 2.05) is 4.90 Å². The maximum absolute atomic E-state index is 12.8. The van der Waals surface area contributed by atoms with Crippen LogP contribution in [0.5, 0.6) is 0 Å². The number of amides is 1. The zero-order chi connectivity index (χ0) is 22.4. The van der Waals surface area contributed by atoms with Gasteiger partial charge in [0, 0.05) is 30.8 Å². The second-order valence-corrected chi connectivity index (χ2v) is 11.1. The van der Waals surface area contributed by atoms with Crippen LogP contribution in [0.4, 0.5) is 13.2 Å². The monoisotopic (exact) mass is 459 g/mol. The minimum Gasteiger partial charge on any atom is -0.465 e. The molecule has 3 aliphatic rings. The molecule has 1 aromatic rings. The first kappa shape index (κ1) is 22.1. The molecule has 0 bridgehead atoms. The molecule has 1 atom stereocenters. The lowest BCUT2D eigenvalue weighted by Gasteiger charge is -2.59. The van der Waals surface area contributed by atoms with Gasteiger partial charge in [0.15, 0.2) is 0 Å². The van der Waals surface area contributed by atoms with E-state index in [0.29, 0.717) is 50.9 Å². The van der Waals surface area contributed by atoms with E-state index in [1.54, 1.807) is 6.07 Å². The van der Waals surface area contributed by atoms with Crippen molar-refractivity contribution in [2.24, 2.45) is 17.3 Å². The fraction of sp³-hybridized carbons (Fsp3) is 0.619. The first-order chi connectivity index (χ1) is 14.5. The summed E-state index contributed by atoms with van der Waals surface area (Å²) in [5.41, 5.74) is -4.65. The summed E-state index contributed by atoms with van der Waals surface area (Å²) in [6.45, 7) is 1.76. The average Bonchev–Trinajstić information content (AvgIpc) is 3.05. The summed E-state index contributed by atoms with van der Waals surface area (Å²) in [5.74, 6) is 0.264. The molecular weight excluding hydrogens is 435 g/mol. The number of benzene rings is 1. The molecule has 0 aromatic heterocycles. The molecular formula is C21H24F3NO5S. The van der Waals surface area contributed by atoms with Crippen LogP contribution < -0.4 is 0 Å². The molecule has 2 heterocycles. The Morgan fingerprint density at radius 1 is 1.19 bits per heavy atom. The Labute approximate surface area is 178 Å². The van der Waals surface area contributed by atoms with Crippen molar-refractivity contribution in [3.8, 4) is 0 Å². The van der Waals surface area contributed by atoms with Crippen molar-refractivity contribution in [3.63, 3.8) is 0 Å². The molecule has 4 rings (SSSR count).